The predicted octanol–water partition coefficient (Wildman–Crippen LogP) is 2.79. The zero-order chi connectivity index (χ0) is 18.7. The van der Waals surface area contributed by atoms with E-state index in [0.29, 0.717) is 5.69 Å². The molecule has 138 valence electrons. The number of anilines is 3. The normalized spacial score (nSPS) is 19.8. The van der Waals surface area contributed by atoms with Gasteiger partial charge in [0.05, 0.1) is 5.56 Å². The third-order valence-corrected chi connectivity index (χ3v) is 4.58. The number of rotatable bonds is 5. The van der Waals surface area contributed by atoms with Gasteiger partial charge in [0.2, 0.25) is 0 Å². The molecular weight excluding hydrogens is 359 g/mol. The Balaban J connectivity index is 1.92. The Bertz CT molecular complexity index is 818. The lowest BCUT2D eigenvalue weighted by Gasteiger charge is -2.30. The third kappa shape index (κ3) is 4.20. The van der Waals surface area contributed by atoms with E-state index in [-0.39, 0.29) is 34.4 Å². The fourth-order valence-corrected chi connectivity index (χ4v) is 3.18. The fraction of sp³-hybridized carbons (Fsp3) is 0.353. The monoisotopic (exact) mass is 378 g/mol. The van der Waals surface area contributed by atoms with E-state index in [1.807, 2.05) is 0 Å². The van der Waals surface area contributed by atoms with Gasteiger partial charge in [-0.05, 0) is 31.0 Å². The van der Waals surface area contributed by atoms with Crippen molar-refractivity contribution in [2.24, 2.45) is 11.5 Å². The molecular formula is C17H20ClFN6O. The topological polar surface area (TPSA) is 119 Å². The van der Waals surface area contributed by atoms with Crippen LogP contribution >= 0.6 is 11.6 Å². The van der Waals surface area contributed by atoms with Crippen LogP contribution in [0.25, 0.3) is 0 Å². The SMILES string of the molecule is NC(=O)c1cc(F)c(NC2CCCC[C@@H]2N)nc1Nc1ccnc(Cl)c1. The Labute approximate surface area is 155 Å². The molecule has 26 heavy (non-hydrogen) atoms. The number of hydrogen-bond donors (Lipinski definition) is 4. The van der Waals surface area contributed by atoms with Crippen molar-refractivity contribution in [2.45, 2.75) is 37.8 Å². The fourth-order valence-electron chi connectivity index (χ4n) is 3.00. The van der Waals surface area contributed by atoms with Crippen molar-refractivity contribution in [2.75, 3.05) is 10.6 Å². The van der Waals surface area contributed by atoms with Crippen LogP contribution in [0.15, 0.2) is 24.4 Å². The number of nitrogens with zero attached hydrogens (tertiary/aromatic N) is 2. The minimum Gasteiger partial charge on any atom is -0.365 e. The minimum absolute atomic E-state index is 0.0278. The number of amides is 1. The highest BCUT2D eigenvalue weighted by Crippen LogP contribution is 2.27. The van der Waals surface area contributed by atoms with Gasteiger partial charge in [-0.3, -0.25) is 4.79 Å². The van der Waals surface area contributed by atoms with Crippen molar-refractivity contribution in [1.29, 1.82) is 0 Å². The Morgan fingerprint density at radius 3 is 2.73 bits per heavy atom. The highest BCUT2D eigenvalue weighted by atomic mass is 35.5. The molecule has 0 aromatic carbocycles. The Morgan fingerprint density at radius 1 is 1.27 bits per heavy atom. The van der Waals surface area contributed by atoms with Crippen molar-refractivity contribution >= 4 is 34.8 Å². The van der Waals surface area contributed by atoms with Crippen LogP contribution in [-0.2, 0) is 0 Å². The summed E-state index contributed by atoms with van der Waals surface area (Å²) < 4.78 is 14.4. The van der Waals surface area contributed by atoms with Gasteiger partial charge in [-0.2, -0.15) is 0 Å². The molecule has 0 aliphatic heterocycles. The van der Waals surface area contributed by atoms with Gasteiger partial charge in [0.25, 0.3) is 5.91 Å². The van der Waals surface area contributed by atoms with Crippen LogP contribution in [0.4, 0.5) is 21.7 Å². The molecule has 0 bridgehead atoms. The summed E-state index contributed by atoms with van der Waals surface area (Å²) in [6, 6.07) is 4.12. The lowest BCUT2D eigenvalue weighted by atomic mass is 9.91. The summed E-state index contributed by atoms with van der Waals surface area (Å²) in [6.45, 7) is 0. The number of hydrogen-bond acceptors (Lipinski definition) is 6. The summed E-state index contributed by atoms with van der Waals surface area (Å²) in [5.41, 5.74) is 12.0. The number of nitrogens with two attached hydrogens (primary N) is 2. The van der Waals surface area contributed by atoms with Gasteiger partial charge in [0.1, 0.15) is 11.0 Å². The summed E-state index contributed by atoms with van der Waals surface area (Å²) in [5, 5.41) is 6.27. The molecule has 2 aromatic rings. The summed E-state index contributed by atoms with van der Waals surface area (Å²) in [7, 11) is 0. The zero-order valence-electron chi connectivity index (χ0n) is 14.0. The molecule has 1 saturated carbocycles. The third-order valence-electron chi connectivity index (χ3n) is 4.37. The number of carbonyl (C=O) groups excluding carboxylic acids is 1. The van der Waals surface area contributed by atoms with E-state index < -0.39 is 11.7 Å². The van der Waals surface area contributed by atoms with E-state index in [4.69, 9.17) is 23.1 Å². The molecule has 0 saturated heterocycles. The molecule has 1 amide bonds. The van der Waals surface area contributed by atoms with Crippen molar-refractivity contribution in [3.63, 3.8) is 0 Å². The smallest absolute Gasteiger partial charge is 0.252 e. The van der Waals surface area contributed by atoms with E-state index in [0.717, 1.165) is 31.7 Å². The first-order valence-electron chi connectivity index (χ1n) is 8.35. The van der Waals surface area contributed by atoms with E-state index >= 15 is 0 Å². The van der Waals surface area contributed by atoms with E-state index in [2.05, 4.69) is 20.6 Å². The molecule has 1 aliphatic carbocycles. The Morgan fingerprint density at radius 2 is 2.04 bits per heavy atom. The van der Waals surface area contributed by atoms with Crippen LogP contribution in [0.1, 0.15) is 36.0 Å². The average Bonchev–Trinajstić information content (AvgIpc) is 2.59. The van der Waals surface area contributed by atoms with Crippen LogP contribution in [0.3, 0.4) is 0 Å². The molecule has 2 heterocycles. The Hall–Kier alpha value is -2.45. The molecule has 3 rings (SSSR count). The van der Waals surface area contributed by atoms with Gasteiger partial charge in [0.15, 0.2) is 11.6 Å². The van der Waals surface area contributed by atoms with Crippen LogP contribution < -0.4 is 22.1 Å². The van der Waals surface area contributed by atoms with Gasteiger partial charge < -0.3 is 22.1 Å². The number of nitrogens with one attached hydrogen (secondary N) is 2. The van der Waals surface area contributed by atoms with E-state index in [1.54, 1.807) is 12.1 Å². The Kier molecular flexibility index (Phi) is 5.53. The molecule has 7 nitrogen and oxygen atoms in total. The van der Waals surface area contributed by atoms with Crippen LogP contribution in [0.2, 0.25) is 5.15 Å². The molecule has 1 fully saturated rings. The van der Waals surface area contributed by atoms with Gasteiger partial charge in [0, 0.05) is 24.0 Å². The van der Waals surface area contributed by atoms with Gasteiger partial charge in [-0.1, -0.05) is 24.4 Å². The summed E-state index contributed by atoms with van der Waals surface area (Å²) in [4.78, 5) is 19.8. The summed E-state index contributed by atoms with van der Waals surface area (Å²) in [5.74, 6) is -1.29. The maximum absolute atomic E-state index is 14.4. The molecule has 9 heteroatoms. The first-order valence-corrected chi connectivity index (χ1v) is 8.73. The number of aromatic nitrogens is 2. The van der Waals surface area contributed by atoms with Gasteiger partial charge >= 0.3 is 0 Å². The summed E-state index contributed by atoms with van der Waals surface area (Å²) >= 11 is 5.87. The molecule has 0 radical (unpaired) electrons. The molecule has 2 aromatic heterocycles. The van der Waals surface area contributed by atoms with Crippen molar-refractivity contribution in [3.05, 3.63) is 40.9 Å². The quantitative estimate of drug-likeness (QED) is 0.594. The van der Waals surface area contributed by atoms with Gasteiger partial charge in [-0.15, -0.1) is 0 Å². The standard InChI is InChI=1S/C17H20ClFN6O/c18-14-7-9(5-6-22-14)23-16-10(15(21)26)8-11(19)17(25-16)24-13-4-2-1-3-12(13)20/h5-8,12-13H,1-4,20H2,(H2,21,26)(H2,22,23,24,25)/t12-,13?/m0/s1. The minimum atomic E-state index is -0.792. The second-order valence-electron chi connectivity index (χ2n) is 6.27. The molecule has 0 spiro atoms. The molecule has 6 N–H and O–H groups in total. The van der Waals surface area contributed by atoms with Crippen molar-refractivity contribution < 1.29 is 9.18 Å². The largest absolute Gasteiger partial charge is 0.365 e. The van der Waals surface area contributed by atoms with E-state index in [9.17, 15) is 9.18 Å². The number of halogens is 2. The number of carbonyl (C=O) groups is 1. The van der Waals surface area contributed by atoms with Crippen LogP contribution in [-0.4, -0.2) is 28.0 Å². The summed E-state index contributed by atoms with van der Waals surface area (Å²) in [6.07, 6.45) is 5.29. The predicted molar refractivity (Wildman–Crippen MR) is 99.1 cm³/mol. The van der Waals surface area contributed by atoms with E-state index in [1.165, 1.54) is 6.20 Å². The molecule has 1 unspecified atom stereocenters. The molecule has 1 aliphatic rings. The lowest BCUT2D eigenvalue weighted by Crippen LogP contribution is -2.43. The average molecular weight is 379 g/mol. The maximum atomic E-state index is 14.4. The molecule has 2 atom stereocenters. The van der Waals surface area contributed by atoms with Crippen LogP contribution in [0.5, 0.6) is 0 Å². The maximum Gasteiger partial charge on any atom is 0.252 e. The van der Waals surface area contributed by atoms with Crippen LogP contribution in [0, 0.1) is 5.82 Å². The van der Waals surface area contributed by atoms with Crippen molar-refractivity contribution in [1.82, 2.24) is 9.97 Å². The lowest BCUT2D eigenvalue weighted by molar-refractivity contribution is 0.100. The zero-order valence-corrected chi connectivity index (χ0v) is 14.8. The first kappa shape index (κ1) is 18.3. The number of pyridine rings is 2. The second-order valence-corrected chi connectivity index (χ2v) is 6.66. The number of primary amides is 1. The highest BCUT2D eigenvalue weighted by molar-refractivity contribution is 6.29. The van der Waals surface area contributed by atoms with Gasteiger partial charge in [-0.25, -0.2) is 14.4 Å². The van der Waals surface area contributed by atoms with Crippen molar-refractivity contribution in [3.8, 4) is 0 Å². The highest BCUT2D eigenvalue weighted by Gasteiger charge is 2.24. The second kappa shape index (κ2) is 7.84. The first-order chi connectivity index (χ1) is 12.4.